The predicted octanol–water partition coefficient (Wildman–Crippen LogP) is 2.54. The number of rotatable bonds is 4. The van der Waals surface area contributed by atoms with Crippen LogP contribution < -0.4 is 11.1 Å². The molecule has 0 spiro atoms. The van der Waals surface area contributed by atoms with Crippen LogP contribution >= 0.6 is 0 Å². The van der Waals surface area contributed by atoms with Crippen molar-refractivity contribution < 1.29 is 9.18 Å². The zero-order chi connectivity index (χ0) is 13.0. The van der Waals surface area contributed by atoms with Crippen molar-refractivity contribution in [2.24, 2.45) is 5.73 Å². The maximum atomic E-state index is 13.3. The molecule has 18 heavy (non-hydrogen) atoms. The third kappa shape index (κ3) is 2.85. The van der Waals surface area contributed by atoms with Crippen molar-refractivity contribution in [2.75, 3.05) is 5.32 Å². The molecule has 3 N–H and O–H groups in total. The number of para-hydroxylation sites is 1. The quantitative estimate of drug-likeness (QED) is 0.868. The van der Waals surface area contributed by atoms with Crippen LogP contribution in [0.15, 0.2) is 48.5 Å². The fourth-order valence-corrected chi connectivity index (χ4v) is 1.59. The molecule has 0 aliphatic rings. The first-order valence-electron chi connectivity index (χ1n) is 5.54. The minimum atomic E-state index is -0.455. The number of carbonyl (C=O) groups excluding carboxylic acids is 1. The summed E-state index contributed by atoms with van der Waals surface area (Å²) in [5.41, 5.74) is 7.01. The van der Waals surface area contributed by atoms with E-state index < -0.39 is 5.91 Å². The summed E-state index contributed by atoms with van der Waals surface area (Å²) in [6.45, 7) is 0.486. The van der Waals surface area contributed by atoms with E-state index in [1.807, 2.05) is 0 Å². The summed E-state index contributed by atoms with van der Waals surface area (Å²) in [6.07, 6.45) is 0. The molecular weight excluding hydrogens is 231 g/mol. The van der Waals surface area contributed by atoms with Crippen LogP contribution in [0.3, 0.4) is 0 Å². The van der Waals surface area contributed by atoms with Crippen molar-refractivity contribution in [3.63, 3.8) is 0 Å². The fraction of sp³-hybridized carbons (Fsp3) is 0.0714. The zero-order valence-corrected chi connectivity index (χ0v) is 9.69. The minimum absolute atomic E-state index is 0.286. The van der Waals surface area contributed by atoms with Gasteiger partial charge in [-0.05, 0) is 29.8 Å². The number of primary amides is 1. The summed E-state index contributed by atoms with van der Waals surface area (Å²) in [5.74, 6) is -0.741. The molecule has 0 heterocycles. The third-order valence-corrected chi connectivity index (χ3v) is 2.60. The number of amides is 1. The molecule has 92 valence electrons. The van der Waals surface area contributed by atoms with Crippen molar-refractivity contribution in [1.82, 2.24) is 0 Å². The monoisotopic (exact) mass is 244 g/mol. The Morgan fingerprint density at radius 2 is 1.78 bits per heavy atom. The molecule has 3 nitrogen and oxygen atoms in total. The second kappa shape index (κ2) is 5.31. The Hall–Kier alpha value is -2.36. The summed E-state index contributed by atoms with van der Waals surface area (Å²) in [6, 6.07) is 13.4. The standard InChI is InChI=1S/C14H13FN2O/c15-12-3-1-2-4-13(12)17-9-10-5-7-11(8-6-10)14(16)18/h1-8,17H,9H2,(H2,16,18). The molecule has 0 aliphatic heterocycles. The average molecular weight is 244 g/mol. The van der Waals surface area contributed by atoms with Gasteiger partial charge in [-0.25, -0.2) is 4.39 Å². The smallest absolute Gasteiger partial charge is 0.248 e. The average Bonchev–Trinajstić information content (AvgIpc) is 2.38. The van der Waals surface area contributed by atoms with E-state index >= 15 is 0 Å². The van der Waals surface area contributed by atoms with Crippen molar-refractivity contribution in [1.29, 1.82) is 0 Å². The van der Waals surface area contributed by atoms with Gasteiger partial charge in [0, 0.05) is 12.1 Å². The highest BCUT2D eigenvalue weighted by Gasteiger charge is 2.01. The molecule has 2 aromatic rings. The maximum absolute atomic E-state index is 13.3. The molecule has 2 rings (SSSR count). The molecule has 0 radical (unpaired) electrons. The highest BCUT2D eigenvalue weighted by atomic mass is 19.1. The van der Waals surface area contributed by atoms with Gasteiger partial charge in [-0.15, -0.1) is 0 Å². The van der Waals surface area contributed by atoms with Crippen LogP contribution in [0.1, 0.15) is 15.9 Å². The summed E-state index contributed by atoms with van der Waals surface area (Å²) in [7, 11) is 0. The van der Waals surface area contributed by atoms with Crippen molar-refractivity contribution >= 4 is 11.6 Å². The summed E-state index contributed by atoms with van der Waals surface area (Å²) >= 11 is 0. The summed E-state index contributed by atoms with van der Waals surface area (Å²) in [4.78, 5) is 10.9. The van der Waals surface area contributed by atoms with Gasteiger partial charge in [0.25, 0.3) is 0 Å². The van der Waals surface area contributed by atoms with Crippen molar-refractivity contribution in [3.05, 3.63) is 65.5 Å². The van der Waals surface area contributed by atoms with Gasteiger partial charge in [0.2, 0.25) is 5.91 Å². The predicted molar refractivity (Wildman–Crippen MR) is 68.7 cm³/mol. The molecule has 0 fully saturated rings. The molecule has 2 aromatic carbocycles. The minimum Gasteiger partial charge on any atom is -0.379 e. The van der Waals surface area contributed by atoms with Gasteiger partial charge in [-0.1, -0.05) is 24.3 Å². The van der Waals surface area contributed by atoms with E-state index in [0.29, 0.717) is 17.8 Å². The van der Waals surface area contributed by atoms with Crippen LogP contribution in [0.25, 0.3) is 0 Å². The van der Waals surface area contributed by atoms with Gasteiger partial charge in [-0.3, -0.25) is 4.79 Å². The Morgan fingerprint density at radius 3 is 2.39 bits per heavy atom. The molecular formula is C14H13FN2O. The molecule has 0 saturated heterocycles. The summed E-state index contributed by atoms with van der Waals surface area (Å²) < 4.78 is 13.3. The van der Waals surface area contributed by atoms with E-state index in [9.17, 15) is 9.18 Å². The Bertz CT molecular complexity index is 552. The molecule has 4 heteroatoms. The van der Waals surface area contributed by atoms with Crippen LogP contribution in [0.5, 0.6) is 0 Å². The van der Waals surface area contributed by atoms with Gasteiger partial charge >= 0.3 is 0 Å². The summed E-state index contributed by atoms with van der Waals surface area (Å²) in [5, 5.41) is 2.99. The number of nitrogens with two attached hydrogens (primary N) is 1. The lowest BCUT2D eigenvalue weighted by atomic mass is 10.1. The number of halogens is 1. The molecule has 0 aliphatic carbocycles. The molecule has 1 amide bonds. The molecule has 0 atom stereocenters. The van der Waals surface area contributed by atoms with Gasteiger partial charge in [0.1, 0.15) is 5.82 Å². The maximum Gasteiger partial charge on any atom is 0.248 e. The Kier molecular flexibility index (Phi) is 3.57. The number of anilines is 1. The largest absolute Gasteiger partial charge is 0.379 e. The fourth-order valence-electron chi connectivity index (χ4n) is 1.59. The number of nitrogens with one attached hydrogen (secondary N) is 1. The number of hydrogen-bond donors (Lipinski definition) is 2. The van der Waals surface area contributed by atoms with Gasteiger partial charge in [0.15, 0.2) is 0 Å². The van der Waals surface area contributed by atoms with Crippen LogP contribution in [-0.4, -0.2) is 5.91 Å². The normalized spacial score (nSPS) is 10.1. The molecule has 0 bridgehead atoms. The van der Waals surface area contributed by atoms with Crippen molar-refractivity contribution in [2.45, 2.75) is 6.54 Å². The van der Waals surface area contributed by atoms with Gasteiger partial charge in [-0.2, -0.15) is 0 Å². The van der Waals surface area contributed by atoms with Crippen LogP contribution in [0.2, 0.25) is 0 Å². The first-order valence-corrected chi connectivity index (χ1v) is 5.54. The van der Waals surface area contributed by atoms with Crippen LogP contribution in [-0.2, 0) is 6.54 Å². The SMILES string of the molecule is NC(=O)c1ccc(CNc2ccccc2F)cc1. The van der Waals surface area contributed by atoms with Crippen molar-refractivity contribution in [3.8, 4) is 0 Å². The number of hydrogen-bond acceptors (Lipinski definition) is 2. The van der Waals surface area contributed by atoms with Gasteiger partial charge < -0.3 is 11.1 Å². The molecule has 0 saturated carbocycles. The van der Waals surface area contributed by atoms with Crippen LogP contribution in [0.4, 0.5) is 10.1 Å². The second-order valence-corrected chi connectivity index (χ2v) is 3.89. The number of carbonyl (C=O) groups is 1. The topological polar surface area (TPSA) is 55.1 Å². The van der Waals surface area contributed by atoms with Crippen LogP contribution in [0, 0.1) is 5.82 Å². The Labute approximate surface area is 104 Å². The van der Waals surface area contributed by atoms with E-state index in [2.05, 4.69) is 5.32 Å². The van der Waals surface area contributed by atoms with E-state index in [-0.39, 0.29) is 5.82 Å². The number of benzene rings is 2. The third-order valence-electron chi connectivity index (χ3n) is 2.60. The van der Waals surface area contributed by atoms with E-state index in [4.69, 9.17) is 5.73 Å². The first kappa shape index (κ1) is 12.1. The second-order valence-electron chi connectivity index (χ2n) is 3.89. The van der Waals surface area contributed by atoms with E-state index in [1.165, 1.54) is 6.07 Å². The highest BCUT2D eigenvalue weighted by Crippen LogP contribution is 2.14. The van der Waals surface area contributed by atoms with Gasteiger partial charge in [0.05, 0.1) is 5.69 Å². The zero-order valence-electron chi connectivity index (χ0n) is 9.69. The lowest BCUT2D eigenvalue weighted by Crippen LogP contribution is -2.10. The van der Waals surface area contributed by atoms with E-state index in [1.54, 1.807) is 42.5 Å². The highest BCUT2D eigenvalue weighted by molar-refractivity contribution is 5.92. The lowest BCUT2D eigenvalue weighted by molar-refractivity contribution is 0.100. The Balaban J connectivity index is 2.02. The molecule has 0 aromatic heterocycles. The Morgan fingerprint density at radius 1 is 1.11 bits per heavy atom. The van der Waals surface area contributed by atoms with E-state index in [0.717, 1.165) is 5.56 Å². The lowest BCUT2D eigenvalue weighted by Gasteiger charge is -2.07. The first-order chi connectivity index (χ1) is 8.66. The molecule has 0 unspecified atom stereocenters.